The van der Waals surface area contributed by atoms with Gasteiger partial charge in [-0.3, -0.25) is 14.9 Å². The highest BCUT2D eigenvalue weighted by Gasteiger charge is 2.17. The van der Waals surface area contributed by atoms with Gasteiger partial charge >= 0.3 is 11.2 Å². The predicted molar refractivity (Wildman–Crippen MR) is 65.9 cm³/mol. The number of rotatable bonds is 4. The topological polar surface area (TPSA) is 76.0 Å². The van der Waals surface area contributed by atoms with Crippen LogP contribution >= 0.6 is 15.9 Å². The van der Waals surface area contributed by atoms with Crippen molar-refractivity contribution in [3.8, 4) is 0 Å². The molecule has 0 spiro atoms. The Labute approximate surface area is 100 Å². The fraction of sp³-hybridized carbons (Fsp3) is 0.300. The summed E-state index contributed by atoms with van der Waals surface area (Å²) in [7, 11) is 0. The molecule has 0 atom stereocenters. The van der Waals surface area contributed by atoms with Gasteiger partial charge in [-0.2, -0.15) is 0 Å². The van der Waals surface area contributed by atoms with Gasteiger partial charge in [0.25, 0.3) is 0 Å². The largest absolute Gasteiger partial charge is 0.337 e. The molecule has 16 heavy (non-hydrogen) atoms. The van der Waals surface area contributed by atoms with Crippen molar-refractivity contribution in [2.75, 3.05) is 5.33 Å². The van der Waals surface area contributed by atoms with Gasteiger partial charge in [-0.05, 0) is 13.3 Å². The minimum absolute atomic E-state index is 0.388. The summed E-state index contributed by atoms with van der Waals surface area (Å²) in [5.74, 6) is 0. The Hall–Kier alpha value is -1.43. The first-order chi connectivity index (χ1) is 7.57. The van der Waals surface area contributed by atoms with E-state index in [0.717, 1.165) is 11.8 Å². The third-order valence-electron chi connectivity index (χ3n) is 2.12. The molecule has 0 amide bonds. The van der Waals surface area contributed by atoms with Crippen LogP contribution in [0.15, 0.2) is 17.1 Å². The lowest BCUT2D eigenvalue weighted by atomic mass is 10.1. The van der Waals surface area contributed by atoms with Gasteiger partial charge in [0.15, 0.2) is 0 Å². The molecular formula is C10H11BrN2O3. The molecule has 0 saturated heterocycles. The van der Waals surface area contributed by atoms with Crippen molar-refractivity contribution in [2.24, 2.45) is 0 Å². The number of hydrogen-bond donors (Lipinski definition) is 1. The Bertz CT molecular complexity index is 479. The summed E-state index contributed by atoms with van der Waals surface area (Å²) < 4.78 is 0. The Morgan fingerprint density at radius 1 is 1.62 bits per heavy atom. The van der Waals surface area contributed by atoms with E-state index in [4.69, 9.17) is 0 Å². The zero-order chi connectivity index (χ0) is 12.1. The molecule has 0 radical (unpaired) electrons. The number of aromatic amines is 1. The van der Waals surface area contributed by atoms with Crippen LogP contribution in [0.1, 0.15) is 17.5 Å². The number of nitrogens with one attached hydrogen (secondary N) is 1. The van der Waals surface area contributed by atoms with Crippen LogP contribution in [-0.4, -0.2) is 15.2 Å². The molecule has 86 valence electrons. The molecule has 1 aromatic rings. The van der Waals surface area contributed by atoms with Crippen molar-refractivity contribution in [1.82, 2.24) is 4.98 Å². The lowest BCUT2D eigenvalue weighted by molar-refractivity contribution is -0.386. The molecule has 1 aromatic heterocycles. The average Bonchev–Trinajstić information content (AvgIpc) is 2.21. The first kappa shape index (κ1) is 12.6. The van der Waals surface area contributed by atoms with E-state index in [0.29, 0.717) is 11.1 Å². The van der Waals surface area contributed by atoms with Gasteiger partial charge in [-0.15, -0.1) is 0 Å². The van der Waals surface area contributed by atoms with Crippen LogP contribution < -0.4 is 5.56 Å². The van der Waals surface area contributed by atoms with E-state index in [1.165, 1.54) is 6.20 Å². The standard InChI is InChI=1S/C10H11BrN2O3/c1-7-8(4-2-3-5-11)6-12-10(14)9(7)13(15)16/h2,4,6H,3,5H2,1H3,(H,12,14). The molecule has 0 aromatic carbocycles. The Morgan fingerprint density at radius 3 is 2.88 bits per heavy atom. The highest BCUT2D eigenvalue weighted by molar-refractivity contribution is 9.09. The molecule has 0 fully saturated rings. The lowest BCUT2D eigenvalue weighted by Crippen LogP contribution is -2.13. The molecule has 0 aliphatic rings. The number of allylic oxidation sites excluding steroid dienone is 1. The maximum atomic E-state index is 11.2. The van der Waals surface area contributed by atoms with Gasteiger partial charge in [0.2, 0.25) is 0 Å². The summed E-state index contributed by atoms with van der Waals surface area (Å²) in [5.41, 5.74) is -0.00652. The highest BCUT2D eigenvalue weighted by atomic mass is 79.9. The Kier molecular flexibility index (Phi) is 4.42. The quantitative estimate of drug-likeness (QED) is 0.525. The SMILES string of the molecule is Cc1c(C=CCCBr)c[nH]c(=O)c1[N+](=O)[O-]. The van der Waals surface area contributed by atoms with E-state index in [9.17, 15) is 14.9 Å². The smallest absolute Gasteiger partial charge is 0.323 e. The van der Waals surface area contributed by atoms with Gasteiger partial charge in [0, 0.05) is 22.7 Å². The van der Waals surface area contributed by atoms with Crippen LogP contribution in [0.2, 0.25) is 0 Å². The first-order valence-corrected chi connectivity index (χ1v) is 5.79. The second kappa shape index (κ2) is 5.60. The van der Waals surface area contributed by atoms with Crippen molar-refractivity contribution in [2.45, 2.75) is 13.3 Å². The van der Waals surface area contributed by atoms with Crippen molar-refractivity contribution in [1.29, 1.82) is 0 Å². The van der Waals surface area contributed by atoms with Crippen LogP contribution in [-0.2, 0) is 0 Å². The Balaban J connectivity index is 3.19. The maximum Gasteiger partial charge on any atom is 0.337 e. The van der Waals surface area contributed by atoms with E-state index >= 15 is 0 Å². The van der Waals surface area contributed by atoms with E-state index in [-0.39, 0.29) is 5.69 Å². The summed E-state index contributed by atoms with van der Waals surface area (Å²) in [6.07, 6.45) is 5.96. The van der Waals surface area contributed by atoms with Crippen LogP contribution in [0.25, 0.3) is 6.08 Å². The second-order valence-electron chi connectivity index (χ2n) is 3.18. The molecule has 0 unspecified atom stereocenters. The first-order valence-electron chi connectivity index (χ1n) is 4.67. The van der Waals surface area contributed by atoms with Crippen LogP contribution in [0, 0.1) is 17.0 Å². The number of hydrogen-bond acceptors (Lipinski definition) is 3. The lowest BCUT2D eigenvalue weighted by Gasteiger charge is -2.00. The van der Waals surface area contributed by atoms with Crippen molar-refractivity contribution >= 4 is 27.7 Å². The summed E-state index contributed by atoms with van der Waals surface area (Å²) >= 11 is 3.27. The molecule has 0 aliphatic heterocycles. The molecule has 0 saturated carbocycles. The van der Waals surface area contributed by atoms with Crippen LogP contribution in [0.4, 0.5) is 5.69 Å². The maximum absolute atomic E-state index is 11.2. The van der Waals surface area contributed by atoms with Crippen LogP contribution in [0.5, 0.6) is 0 Å². The molecule has 1 rings (SSSR count). The summed E-state index contributed by atoms with van der Waals surface area (Å²) in [6.45, 7) is 1.57. The van der Waals surface area contributed by atoms with Crippen molar-refractivity contribution < 1.29 is 4.92 Å². The van der Waals surface area contributed by atoms with E-state index in [1.54, 1.807) is 13.0 Å². The molecule has 1 heterocycles. The fourth-order valence-electron chi connectivity index (χ4n) is 1.29. The zero-order valence-electron chi connectivity index (χ0n) is 8.70. The van der Waals surface area contributed by atoms with Gasteiger partial charge < -0.3 is 4.98 Å². The molecular weight excluding hydrogens is 276 g/mol. The number of halogens is 1. The van der Waals surface area contributed by atoms with Gasteiger partial charge in [0.05, 0.1) is 4.92 Å². The van der Waals surface area contributed by atoms with Gasteiger partial charge in [0.1, 0.15) is 0 Å². The van der Waals surface area contributed by atoms with E-state index < -0.39 is 10.5 Å². The molecule has 0 aliphatic carbocycles. The number of H-pyrrole nitrogens is 1. The number of nitro groups is 1. The minimum atomic E-state index is -0.667. The summed E-state index contributed by atoms with van der Waals surface area (Å²) in [5, 5.41) is 11.5. The van der Waals surface area contributed by atoms with Gasteiger partial charge in [-0.1, -0.05) is 28.1 Å². The Morgan fingerprint density at radius 2 is 2.31 bits per heavy atom. The fourth-order valence-corrected chi connectivity index (χ4v) is 1.56. The predicted octanol–water partition coefficient (Wildman–Crippen LogP) is 2.39. The summed E-state index contributed by atoms with van der Waals surface area (Å²) in [6, 6.07) is 0. The normalized spacial score (nSPS) is 10.9. The second-order valence-corrected chi connectivity index (χ2v) is 3.98. The number of aromatic nitrogens is 1. The molecule has 0 bridgehead atoms. The summed E-state index contributed by atoms with van der Waals surface area (Å²) in [4.78, 5) is 23.6. The number of alkyl halides is 1. The monoisotopic (exact) mass is 286 g/mol. The third kappa shape index (κ3) is 2.79. The van der Waals surface area contributed by atoms with Gasteiger partial charge in [-0.25, -0.2) is 0 Å². The average molecular weight is 287 g/mol. The van der Waals surface area contributed by atoms with E-state index in [1.807, 2.05) is 6.08 Å². The zero-order valence-corrected chi connectivity index (χ0v) is 10.3. The molecule has 5 nitrogen and oxygen atoms in total. The number of nitrogens with zero attached hydrogens (tertiary/aromatic N) is 1. The third-order valence-corrected chi connectivity index (χ3v) is 2.58. The number of pyridine rings is 1. The van der Waals surface area contributed by atoms with Crippen LogP contribution in [0.3, 0.4) is 0 Å². The van der Waals surface area contributed by atoms with Crippen molar-refractivity contribution in [3.63, 3.8) is 0 Å². The van der Waals surface area contributed by atoms with E-state index in [2.05, 4.69) is 20.9 Å². The highest BCUT2D eigenvalue weighted by Crippen LogP contribution is 2.17. The molecule has 6 heteroatoms. The molecule has 1 N–H and O–H groups in total. The van der Waals surface area contributed by atoms with Crippen molar-refractivity contribution in [3.05, 3.63) is 43.9 Å². The minimum Gasteiger partial charge on any atom is -0.323 e.